The van der Waals surface area contributed by atoms with Gasteiger partial charge in [-0.3, -0.25) is 4.57 Å². The molecule has 8 nitrogen and oxygen atoms in total. The lowest BCUT2D eigenvalue weighted by Crippen LogP contribution is -2.57. The standard InChI is InChI=1S/C23H25ClN4O4/c1-23(2,3)32-22(30)27-12-16(13-27)31-18-11-14(24)10-17-19(18)20(25-4)26-21(29)28(17)15-8-6-5-7-9-15/h5-11,16H,12-13H2,1-4H3,(H,25,26,29). The lowest BCUT2D eigenvalue weighted by molar-refractivity contribution is -0.0217. The van der Waals surface area contributed by atoms with Crippen LogP contribution in [-0.2, 0) is 4.74 Å². The van der Waals surface area contributed by atoms with Gasteiger partial charge in [0.25, 0.3) is 0 Å². The summed E-state index contributed by atoms with van der Waals surface area (Å²) in [4.78, 5) is 30.8. The highest BCUT2D eigenvalue weighted by atomic mass is 35.5. The van der Waals surface area contributed by atoms with Crippen LogP contribution in [0.25, 0.3) is 16.6 Å². The molecule has 2 heterocycles. The van der Waals surface area contributed by atoms with Crippen LogP contribution in [0.1, 0.15) is 20.8 Å². The van der Waals surface area contributed by atoms with Crippen LogP contribution in [0.3, 0.4) is 0 Å². The van der Waals surface area contributed by atoms with Gasteiger partial charge in [0.2, 0.25) is 0 Å². The van der Waals surface area contributed by atoms with Gasteiger partial charge in [-0.05, 0) is 45.0 Å². The van der Waals surface area contributed by atoms with Gasteiger partial charge in [0.15, 0.2) is 0 Å². The zero-order chi connectivity index (χ0) is 23.0. The number of hydrogen-bond donors (Lipinski definition) is 1. The number of ether oxygens (including phenoxy) is 2. The Morgan fingerprint density at radius 2 is 1.88 bits per heavy atom. The number of benzene rings is 2. The first-order valence-corrected chi connectivity index (χ1v) is 10.7. The minimum atomic E-state index is -0.555. The van der Waals surface area contributed by atoms with Gasteiger partial charge < -0.3 is 19.7 Å². The Bertz CT molecular complexity index is 1210. The van der Waals surface area contributed by atoms with Gasteiger partial charge in [0.05, 0.1) is 29.7 Å². The van der Waals surface area contributed by atoms with Crippen molar-refractivity contribution in [3.63, 3.8) is 0 Å². The number of halogens is 1. The van der Waals surface area contributed by atoms with E-state index in [1.165, 1.54) is 4.57 Å². The molecule has 168 valence electrons. The number of para-hydroxylation sites is 1. The third-order valence-electron chi connectivity index (χ3n) is 4.97. The van der Waals surface area contributed by atoms with Gasteiger partial charge in [0, 0.05) is 12.1 Å². The van der Waals surface area contributed by atoms with Gasteiger partial charge in [-0.2, -0.15) is 4.98 Å². The molecule has 1 aliphatic rings. The Hall–Kier alpha value is -3.26. The third-order valence-corrected chi connectivity index (χ3v) is 5.19. The molecule has 1 fully saturated rings. The van der Waals surface area contributed by atoms with E-state index in [0.717, 1.165) is 0 Å². The molecule has 32 heavy (non-hydrogen) atoms. The number of fused-ring (bicyclic) bond motifs is 1. The van der Waals surface area contributed by atoms with E-state index in [2.05, 4.69) is 10.3 Å². The molecule has 0 spiro atoms. The number of rotatable bonds is 4. The number of aromatic nitrogens is 2. The smallest absolute Gasteiger partial charge is 0.410 e. The number of hydrogen-bond acceptors (Lipinski definition) is 6. The fraction of sp³-hybridized carbons (Fsp3) is 0.348. The first kappa shape index (κ1) is 22.0. The Balaban J connectivity index is 1.69. The maximum Gasteiger partial charge on any atom is 0.410 e. The van der Waals surface area contributed by atoms with E-state index in [1.807, 2.05) is 51.1 Å². The van der Waals surface area contributed by atoms with Gasteiger partial charge in [0.1, 0.15) is 23.3 Å². The summed E-state index contributed by atoms with van der Waals surface area (Å²) in [5.41, 5.74) is 0.263. The lowest BCUT2D eigenvalue weighted by atomic mass is 10.1. The van der Waals surface area contributed by atoms with Crippen molar-refractivity contribution >= 4 is 34.4 Å². The van der Waals surface area contributed by atoms with Crippen LogP contribution in [0.4, 0.5) is 10.6 Å². The molecule has 1 aliphatic heterocycles. The summed E-state index contributed by atoms with van der Waals surface area (Å²) in [6.07, 6.45) is -0.602. The summed E-state index contributed by atoms with van der Waals surface area (Å²) in [6, 6.07) is 12.6. The molecule has 0 radical (unpaired) electrons. The number of nitrogens with zero attached hydrogens (tertiary/aromatic N) is 3. The predicted molar refractivity (Wildman–Crippen MR) is 124 cm³/mol. The average Bonchev–Trinajstić information content (AvgIpc) is 2.68. The predicted octanol–water partition coefficient (Wildman–Crippen LogP) is 4.08. The van der Waals surface area contributed by atoms with E-state index >= 15 is 0 Å². The first-order valence-electron chi connectivity index (χ1n) is 10.3. The molecule has 1 aromatic heterocycles. The minimum Gasteiger partial charge on any atom is -0.486 e. The number of anilines is 1. The van der Waals surface area contributed by atoms with Crippen molar-refractivity contribution < 1.29 is 14.3 Å². The molecule has 0 aliphatic carbocycles. The normalized spacial score (nSPS) is 14.2. The Morgan fingerprint density at radius 3 is 2.50 bits per heavy atom. The van der Waals surface area contributed by atoms with Gasteiger partial charge in [-0.1, -0.05) is 29.8 Å². The molecule has 0 unspecified atom stereocenters. The highest BCUT2D eigenvalue weighted by molar-refractivity contribution is 6.31. The monoisotopic (exact) mass is 456 g/mol. The van der Waals surface area contributed by atoms with Gasteiger partial charge in [-0.25, -0.2) is 9.59 Å². The van der Waals surface area contributed by atoms with Crippen molar-refractivity contribution in [2.75, 3.05) is 25.5 Å². The van der Waals surface area contributed by atoms with Crippen LogP contribution in [0.2, 0.25) is 5.02 Å². The molecule has 0 bridgehead atoms. The van der Waals surface area contributed by atoms with Crippen LogP contribution in [0.15, 0.2) is 47.3 Å². The van der Waals surface area contributed by atoms with Crippen LogP contribution < -0.4 is 15.7 Å². The lowest BCUT2D eigenvalue weighted by Gasteiger charge is -2.39. The maximum absolute atomic E-state index is 12.8. The largest absolute Gasteiger partial charge is 0.486 e. The van der Waals surface area contributed by atoms with E-state index in [1.54, 1.807) is 24.1 Å². The minimum absolute atomic E-state index is 0.231. The fourth-order valence-corrected chi connectivity index (χ4v) is 3.76. The third kappa shape index (κ3) is 4.36. The van der Waals surface area contributed by atoms with Crippen LogP contribution >= 0.6 is 11.6 Å². The molecule has 1 amide bonds. The zero-order valence-corrected chi connectivity index (χ0v) is 19.1. The molecule has 1 saturated heterocycles. The molecule has 2 aromatic carbocycles. The number of carbonyl (C=O) groups excluding carboxylic acids is 1. The summed E-state index contributed by atoms with van der Waals surface area (Å²) in [6.45, 7) is 6.27. The Morgan fingerprint density at radius 1 is 1.19 bits per heavy atom. The second-order valence-corrected chi connectivity index (χ2v) is 9.02. The van der Waals surface area contributed by atoms with E-state index in [-0.39, 0.29) is 12.2 Å². The van der Waals surface area contributed by atoms with Crippen molar-refractivity contribution in [3.05, 3.63) is 58.0 Å². The number of likely N-dealkylation sites (tertiary alicyclic amines) is 1. The number of amides is 1. The molecule has 0 atom stereocenters. The van der Waals surface area contributed by atoms with E-state index in [4.69, 9.17) is 21.1 Å². The Labute approximate surface area is 190 Å². The first-order chi connectivity index (χ1) is 15.2. The Kier molecular flexibility index (Phi) is 5.73. The molecular weight excluding hydrogens is 432 g/mol. The van der Waals surface area contributed by atoms with E-state index < -0.39 is 11.3 Å². The van der Waals surface area contributed by atoms with Crippen molar-refractivity contribution in [3.8, 4) is 11.4 Å². The quantitative estimate of drug-likeness (QED) is 0.636. The van der Waals surface area contributed by atoms with Crippen molar-refractivity contribution in [2.24, 2.45) is 0 Å². The maximum atomic E-state index is 12.8. The molecule has 9 heteroatoms. The fourth-order valence-electron chi connectivity index (χ4n) is 3.56. The van der Waals surface area contributed by atoms with Crippen molar-refractivity contribution in [2.45, 2.75) is 32.5 Å². The SMILES string of the molecule is CNc1nc(=O)n(-c2ccccc2)c2cc(Cl)cc(OC3CN(C(=O)OC(C)(C)C)C3)c12. The van der Waals surface area contributed by atoms with Gasteiger partial charge in [-0.15, -0.1) is 0 Å². The highest BCUT2D eigenvalue weighted by Crippen LogP contribution is 2.36. The summed E-state index contributed by atoms with van der Waals surface area (Å²) in [5.74, 6) is 0.884. The number of nitrogens with one attached hydrogen (secondary N) is 1. The van der Waals surface area contributed by atoms with Crippen molar-refractivity contribution in [1.29, 1.82) is 0 Å². The summed E-state index contributed by atoms with van der Waals surface area (Å²) in [5, 5.41) is 4.04. The average molecular weight is 457 g/mol. The van der Waals surface area contributed by atoms with E-state index in [0.29, 0.717) is 46.3 Å². The molecular formula is C23H25ClN4O4. The van der Waals surface area contributed by atoms with Crippen LogP contribution in [-0.4, -0.2) is 52.4 Å². The van der Waals surface area contributed by atoms with E-state index in [9.17, 15) is 9.59 Å². The second kappa shape index (κ2) is 8.35. The van der Waals surface area contributed by atoms with Crippen LogP contribution in [0.5, 0.6) is 5.75 Å². The van der Waals surface area contributed by atoms with Crippen LogP contribution in [0, 0.1) is 0 Å². The van der Waals surface area contributed by atoms with Crippen molar-refractivity contribution in [1.82, 2.24) is 14.5 Å². The van der Waals surface area contributed by atoms with Gasteiger partial charge >= 0.3 is 11.8 Å². The molecule has 1 N–H and O–H groups in total. The number of carbonyl (C=O) groups is 1. The summed E-state index contributed by atoms with van der Waals surface area (Å²) in [7, 11) is 1.69. The second-order valence-electron chi connectivity index (χ2n) is 8.59. The zero-order valence-electron chi connectivity index (χ0n) is 18.4. The molecule has 3 aromatic rings. The topological polar surface area (TPSA) is 85.7 Å². The molecule has 4 rings (SSSR count). The highest BCUT2D eigenvalue weighted by Gasteiger charge is 2.35. The molecule has 0 saturated carbocycles. The summed E-state index contributed by atoms with van der Waals surface area (Å²) < 4.78 is 13.1. The summed E-state index contributed by atoms with van der Waals surface area (Å²) >= 11 is 6.41.